The van der Waals surface area contributed by atoms with Crippen LogP contribution in [-0.2, 0) is 4.74 Å². The summed E-state index contributed by atoms with van der Waals surface area (Å²) in [5.74, 6) is 0.330. The Morgan fingerprint density at radius 1 is 1.14 bits per heavy atom. The number of aromatic hydroxyl groups is 1. The van der Waals surface area contributed by atoms with Gasteiger partial charge in [0.05, 0.1) is 31.0 Å². The molecule has 7 nitrogen and oxygen atoms in total. The number of aliphatic hydroxyl groups is 2. The molecule has 29 heavy (non-hydrogen) atoms. The molecule has 4 rings (SSSR count). The van der Waals surface area contributed by atoms with Crippen molar-refractivity contribution < 1.29 is 29.2 Å². The molecule has 2 aromatic carbocycles. The summed E-state index contributed by atoms with van der Waals surface area (Å²) in [4.78, 5) is 12.8. The van der Waals surface area contributed by atoms with Gasteiger partial charge in [-0.3, -0.25) is 4.79 Å². The van der Waals surface area contributed by atoms with Crippen molar-refractivity contribution in [3.63, 3.8) is 0 Å². The van der Waals surface area contributed by atoms with E-state index >= 15 is 0 Å². The maximum Gasteiger partial charge on any atom is 0.197 e. The van der Waals surface area contributed by atoms with Crippen molar-refractivity contribution in [3.8, 4) is 22.8 Å². The molecular weight excluding hydrogens is 376 g/mol. The minimum Gasteiger partial charge on any atom is -0.506 e. The first-order valence-electron chi connectivity index (χ1n) is 9.35. The van der Waals surface area contributed by atoms with Gasteiger partial charge in [0.25, 0.3) is 0 Å². The number of rotatable bonds is 3. The number of phenols is 1. The highest BCUT2D eigenvalue weighted by Crippen LogP contribution is 2.44. The number of benzene rings is 2. The number of phenolic OH excluding ortho intramolecular Hbond substituents is 1. The van der Waals surface area contributed by atoms with E-state index in [0.717, 1.165) is 5.56 Å². The number of aliphatic hydroxyl groups excluding tert-OH is 2. The topological polar surface area (TPSA) is 109 Å². The number of fused-ring (bicyclic) bond motifs is 1. The first-order valence-corrected chi connectivity index (χ1v) is 9.35. The van der Waals surface area contributed by atoms with Gasteiger partial charge in [-0.25, -0.2) is 0 Å². The molecular formula is C22H22O7. The summed E-state index contributed by atoms with van der Waals surface area (Å²) in [5, 5.41) is 31.0. The Morgan fingerprint density at radius 2 is 1.86 bits per heavy atom. The predicted octanol–water partition coefficient (Wildman–Crippen LogP) is 2.75. The molecule has 0 bridgehead atoms. The van der Waals surface area contributed by atoms with E-state index < -0.39 is 29.8 Å². The predicted molar refractivity (Wildman–Crippen MR) is 106 cm³/mol. The smallest absolute Gasteiger partial charge is 0.197 e. The van der Waals surface area contributed by atoms with Crippen LogP contribution in [0.4, 0.5) is 0 Å². The molecule has 4 atom stereocenters. The van der Waals surface area contributed by atoms with Gasteiger partial charge in [-0.2, -0.15) is 0 Å². The molecule has 3 N–H and O–H groups in total. The van der Waals surface area contributed by atoms with E-state index in [9.17, 15) is 20.1 Å². The van der Waals surface area contributed by atoms with Crippen molar-refractivity contribution >= 4 is 11.0 Å². The number of hydrogen-bond acceptors (Lipinski definition) is 7. The third-order valence-electron chi connectivity index (χ3n) is 5.30. The minimum absolute atomic E-state index is 0.0114. The van der Waals surface area contributed by atoms with Crippen LogP contribution in [0.5, 0.6) is 11.5 Å². The monoisotopic (exact) mass is 398 g/mol. The molecule has 1 aliphatic heterocycles. The molecule has 1 saturated heterocycles. The van der Waals surface area contributed by atoms with E-state index in [4.69, 9.17) is 13.9 Å². The van der Waals surface area contributed by atoms with Crippen molar-refractivity contribution in [3.05, 3.63) is 58.3 Å². The van der Waals surface area contributed by atoms with Gasteiger partial charge in [-0.1, -0.05) is 30.3 Å². The van der Waals surface area contributed by atoms with E-state index in [1.165, 1.54) is 19.2 Å². The maximum absolute atomic E-state index is 12.8. The lowest BCUT2D eigenvalue weighted by Crippen LogP contribution is -2.44. The van der Waals surface area contributed by atoms with E-state index in [2.05, 4.69) is 0 Å². The Balaban J connectivity index is 1.88. The van der Waals surface area contributed by atoms with Gasteiger partial charge in [0.2, 0.25) is 0 Å². The highest BCUT2D eigenvalue weighted by molar-refractivity contribution is 5.88. The molecule has 0 unspecified atom stereocenters. The number of hydrogen-bond donors (Lipinski definition) is 3. The second-order valence-electron chi connectivity index (χ2n) is 7.18. The molecule has 1 fully saturated rings. The maximum atomic E-state index is 12.8. The number of methoxy groups -OCH3 is 1. The van der Waals surface area contributed by atoms with E-state index in [-0.39, 0.29) is 34.5 Å². The molecule has 0 aliphatic carbocycles. The Morgan fingerprint density at radius 3 is 2.52 bits per heavy atom. The van der Waals surface area contributed by atoms with Crippen LogP contribution >= 0.6 is 0 Å². The zero-order valence-electron chi connectivity index (χ0n) is 16.0. The van der Waals surface area contributed by atoms with Gasteiger partial charge >= 0.3 is 0 Å². The molecule has 1 aliphatic rings. The van der Waals surface area contributed by atoms with Crippen molar-refractivity contribution in [2.75, 3.05) is 7.11 Å². The summed E-state index contributed by atoms with van der Waals surface area (Å²) in [5.41, 5.74) is 0.753. The summed E-state index contributed by atoms with van der Waals surface area (Å²) >= 11 is 0. The van der Waals surface area contributed by atoms with Crippen LogP contribution in [0, 0.1) is 0 Å². The van der Waals surface area contributed by atoms with Crippen LogP contribution in [0.15, 0.2) is 51.7 Å². The minimum atomic E-state index is -1.03. The lowest BCUT2D eigenvalue weighted by Gasteiger charge is -2.36. The van der Waals surface area contributed by atoms with Crippen molar-refractivity contribution in [1.29, 1.82) is 0 Å². The van der Waals surface area contributed by atoms with Gasteiger partial charge < -0.3 is 29.2 Å². The van der Waals surface area contributed by atoms with Crippen molar-refractivity contribution in [2.24, 2.45) is 0 Å². The fourth-order valence-corrected chi connectivity index (χ4v) is 3.77. The molecule has 152 valence electrons. The zero-order chi connectivity index (χ0) is 20.7. The van der Waals surface area contributed by atoms with E-state index in [1.54, 1.807) is 6.92 Å². The fourth-order valence-electron chi connectivity index (χ4n) is 3.77. The first-order chi connectivity index (χ1) is 13.9. The third kappa shape index (κ3) is 3.37. The second-order valence-corrected chi connectivity index (χ2v) is 7.18. The van der Waals surface area contributed by atoms with E-state index in [0.29, 0.717) is 5.76 Å². The Bertz CT molecular complexity index is 1080. The standard InChI is InChI=1S/C22H22O7/c1-11-21(25)14(24)9-17(28-11)20-16(27-2)10-18-19(22(20)26)13(23)8-15(29-18)12-6-4-3-5-7-12/h3-8,10-11,14,17,21,24-26H,9H2,1-2H3/t11-,14+,17-,21-/m1/s1. The summed E-state index contributed by atoms with van der Waals surface area (Å²) in [6, 6.07) is 12.0. The molecule has 2 heterocycles. The lowest BCUT2D eigenvalue weighted by atomic mass is 9.92. The molecule has 0 radical (unpaired) electrons. The molecule has 0 saturated carbocycles. The molecule has 3 aromatic rings. The van der Waals surface area contributed by atoms with Gasteiger partial charge in [0.15, 0.2) is 5.43 Å². The lowest BCUT2D eigenvalue weighted by molar-refractivity contribution is -0.164. The third-order valence-corrected chi connectivity index (χ3v) is 5.30. The summed E-state index contributed by atoms with van der Waals surface area (Å²) in [7, 11) is 1.43. The molecule has 7 heteroatoms. The van der Waals surface area contributed by atoms with Gasteiger partial charge in [0, 0.05) is 24.1 Å². The molecule has 0 spiro atoms. The highest BCUT2D eigenvalue weighted by atomic mass is 16.5. The molecule has 1 aromatic heterocycles. The quantitative estimate of drug-likeness (QED) is 0.622. The van der Waals surface area contributed by atoms with Crippen molar-refractivity contribution in [1.82, 2.24) is 0 Å². The van der Waals surface area contributed by atoms with Crippen LogP contribution in [0.25, 0.3) is 22.3 Å². The fraction of sp³-hybridized carbons (Fsp3) is 0.318. The average Bonchev–Trinajstić information content (AvgIpc) is 2.71. The summed E-state index contributed by atoms with van der Waals surface area (Å²) < 4.78 is 17.1. The van der Waals surface area contributed by atoms with Gasteiger partial charge in [-0.05, 0) is 6.92 Å². The first kappa shape index (κ1) is 19.4. The van der Waals surface area contributed by atoms with Gasteiger partial charge in [-0.15, -0.1) is 0 Å². The second kappa shape index (κ2) is 7.51. The SMILES string of the molecule is COc1cc2oc(-c3ccccc3)cc(=O)c2c(O)c1[C@H]1C[C@H](O)[C@H](O)[C@@H](C)O1. The van der Waals surface area contributed by atoms with E-state index in [1.807, 2.05) is 30.3 Å². The number of ether oxygens (including phenoxy) is 2. The van der Waals surface area contributed by atoms with Crippen LogP contribution in [0.3, 0.4) is 0 Å². The van der Waals surface area contributed by atoms with Crippen LogP contribution < -0.4 is 10.2 Å². The Labute approximate surface area is 166 Å². The zero-order valence-corrected chi connectivity index (χ0v) is 16.0. The Hall–Kier alpha value is -2.87. The normalized spacial score (nSPS) is 24.6. The van der Waals surface area contributed by atoms with Crippen LogP contribution in [0.1, 0.15) is 25.0 Å². The largest absolute Gasteiger partial charge is 0.506 e. The molecule has 0 amide bonds. The highest BCUT2D eigenvalue weighted by Gasteiger charge is 2.38. The Kier molecular flexibility index (Phi) is 5.04. The average molecular weight is 398 g/mol. The van der Waals surface area contributed by atoms with Crippen LogP contribution in [-0.4, -0.2) is 40.7 Å². The van der Waals surface area contributed by atoms with Gasteiger partial charge in [0.1, 0.15) is 34.3 Å². The van der Waals surface area contributed by atoms with Crippen molar-refractivity contribution in [2.45, 2.75) is 37.8 Å². The summed E-state index contributed by atoms with van der Waals surface area (Å²) in [6.45, 7) is 1.63. The van der Waals surface area contributed by atoms with Crippen LogP contribution in [0.2, 0.25) is 0 Å². The summed E-state index contributed by atoms with van der Waals surface area (Å²) in [6.07, 6.45) is -3.41.